The summed E-state index contributed by atoms with van der Waals surface area (Å²) < 4.78 is 0. The minimum absolute atomic E-state index is 1.09. The number of aryl methyl sites for hydroxylation is 6. The van der Waals surface area contributed by atoms with Crippen molar-refractivity contribution in [3.8, 4) is 33.4 Å². The molecule has 274 valence electrons. The lowest BCUT2D eigenvalue weighted by molar-refractivity contribution is 1.23. The van der Waals surface area contributed by atoms with E-state index in [-0.39, 0.29) is 0 Å². The molecule has 0 fully saturated rings. The van der Waals surface area contributed by atoms with E-state index in [0.717, 1.165) is 39.7 Å². The van der Waals surface area contributed by atoms with Gasteiger partial charge in [-0.2, -0.15) is 0 Å². The van der Waals surface area contributed by atoms with Gasteiger partial charge in [0, 0.05) is 34.1 Å². The smallest absolute Gasteiger partial charge is 0.0488 e. The third kappa shape index (κ3) is 7.92. The zero-order chi connectivity index (χ0) is 38.8. The molecule has 0 saturated carbocycles. The van der Waals surface area contributed by atoms with Gasteiger partial charge in [0.1, 0.15) is 0 Å². The average Bonchev–Trinajstić information content (AvgIpc) is 3.18. The Hall–Kier alpha value is -6.64. The SMILES string of the molecule is Cc1cc(C)cc(-c2cc(N(c3ccc(-c4ccccc4)cc3)c3cc(C)cc(C)c3)cc(N(c3ccc(-c4ccccc4)cc3)c3cc(C)cc(C)c3)c2)c1. The Labute approximate surface area is 333 Å². The van der Waals surface area contributed by atoms with Crippen molar-refractivity contribution in [2.45, 2.75) is 41.5 Å². The van der Waals surface area contributed by atoms with Crippen LogP contribution in [0.5, 0.6) is 0 Å². The molecule has 8 rings (SSSR count). The van der Waals surface area contributed by atoms with E-state index in [1.165, 1.54) is 61.2 Å². The minimum atomic E-state index is 1.09. The molecule has 0 bridgehead atoms. The van der Waals surface area contributed by atoms with Crippen LogP contribution < -0.4 is 9.80 Å². The summed E-state index contributed by atoms with van der Waals surface area (Å²) in [6.07, 6.45) is 0. The number of anilines is 6. The maximum atomic E-state index is 2.42. The van der Waals surface area contributed by atoms with Crippen molar-refractivity contribution in [1.29, 1.82) is 0 Å². The average molecular weight is 725 g/mol. The molecule has 56 heavy (non-hydrogen) atoms. The van der Waals surface area contributed by atoms with E-state index in [4.69, 9.17) is 0 Å². The second kappa shape index (κ2) is 15.6. The fourth-order valence-corrected chi connectivity index (χ4v) is 8.08. The summed E-state index contributed by atoms with van der Waals surface area (Å²) in [7, 11) is 0. The van der Waals surface area contributed by atoms with Crippen molar-refractivity contribution in [2.24, 2.45) is 0 Å². The number of rotatable bonds is 9. The maximum absolute atomic E-state index is 2.42. The zero-order valence-electron chi connectivity index (χ0n) is 33.2. The first-order valence-electron chi connectivity index (χ1n) is 19.5. The summed E-state index contributed by atoms with van der Waals surface area (Å²) in [5.41, 5.74) is 21.2. The molecule has 0 heterocycles. The normalized spacial score (nSPS) is 11.0. The highest BCUT2D eigenvalue weighted by Gasteiger charge is 2.21. The first-order chi connectivity index (χ1) is 27.2. The van der Waals surface area contributed by atoms with Gasteiger partial charge in [-0.3, -0.25) is 0 Å². The van der Waals surface area contributed by atoms with Gasteiger partial charge in [-0.15, -0.1) is 0 Å². The molecule has 0 unspecified atom stereocenters. The van der Waals surface area contributed by atoms with Crippen molar-refractivity contribution in [2.75, 3.05) is 9.80 Å². The van der Waals surface area contributed by atoms with Gasteiger partial charge < -0.3 is 9.80 Å². The number of hydrogen-bond donors (Lipinski definition) is 0. The molecule has 0 spiro atoms. The van der Waals surface area contributed by atoms with Crippen LogP contribution in [-0.4, -0.2) is 0 Å². The summed E-state index contributed by atoms with van der Waals surface area (Å²) in [5, 5.41) is 0. The van der Waals surface area contributed by atoms with E-state index >= 15 is 0 Å². The lowest BCUT2D eigenvalue weighted by Gasteiger charge is -2.31. The van der Waals surface area contributed by atoms with Crippen molar-refractivity contribution in [3.05, 3.63) is 215 Å². The molecule has 0 aliphatic carbocycles. The van der Waals surface area contributed by atoms with Crippen LogP contribution in [0.3, 0.4) is 0 Å². The van der Waals surface area contributed by atoms with Crippen LogP contribution in [0.1, 0.15) is 33.4 Å². The van der Waals surface area contributed by atoms with Crippen LogP contribution in [0.4, 0.5) is 34.1 Å². The molecule has 0 radical (unpaired) electrons. The second-order valence-corrected chi connectivity index (χ2v) is 15.3. The Morgan fingerprint density at radius 1 is 0.214 bits per heavy atom. The molecule has 8 aromatic rings. The molecule has 8 aromatic carbocycles. The highest BCUT2D eigenvalue weighted by atomic mass is 15.2. The molecule has 0 saturated heterocycles. The van der Waals surface area contributed by atoms with E-state index in [0.29, 0.717) is 0 Å². The Balaban J connectivity index is 1.37. The minimum Gasteiger partial charge on any atom is -0.310 e. The van der Waals surface area contributed by atoms with Crippen LogP contribution in [-0.2, 0) is 0 Å². The largest absolute Gasteiger partial charge is 0.310 e. The van der Waals surface area contributed by atoms with Gasteiger partial charge in [0.2, 0.25) is 0 Å². The quantitative estimate of drug-likeness (QED) is 0.146. The predicted molar refractivity (Wildman–Crippen MR) is 241 cm³/mol. The zero-order valence-corrected chi connectivity index (χ0v) is 33.2. The highest BCUT2D eigenvalue weighted by molar-refractivity contribution is 5.88. The van der Waals surface area contributed by atoms with Crippen LogP contribution in [0.25, 0.3) is 33.4 Å². The first kappa shape index (κ1) is 36.3. The molecule has 2 heteroatoms. The summed E-state index contributed by atoms with van der Waals surface area (Å²) in [4.78, 5) is 4.84. The van der Waals surface area contributed by atoms with E-state index in [9.17, 15) is 0 Å². The summed E-state index contributed by atoms with van der Waals surface area (Å²) in [6, 6.07) is 66.8. The van der Waals surface area contributed by atoms with Gasteiger partial charge in [0.15, 0.2) is 0 Å². The summed E-state index contributed by atoms with van der Waals surface area (Å²) >= 11 is 0. The number of benzene rings is 8. The summed E-state index contributed by atoms with van der Waals surface area (Å²) in [5.74, 6) is 0. The fraction of sp³-hybridized carbons (Fsp3) is 0.111. The van der Waals surface area contributed by atoms with E-state index in [1.807, 2.05) is 0 Å². The van der Waals surface area contributed by atoms with E-state index in [2.05, 4.69) is 233 Å². The van der Waals surface area contributed by atoms with Crippen LogP contribution in [0, 0.1) is 41.5 Å². The fourth-order valence-electron chi connectivity index (χ4n) is 8.08. The second-order valence-electron chi connectivity index (χ2n) is 15.3. The predicted octanol–water partition coefficient (Wildman–Crippen LogP) is 15.5. The monoisotopic (exact) mass is 724 g/mol. The van der Waals surface area contributed by atoms with E-state index in [1.54, 1.807) is 0 Å². The third-order valence-electron chi connectivity index (χ3n) is 10.4. The maximum Gasteiger partial charge on any atom is 0.0488 e. The molecule has 0 aliphatic heterocycles. The molecular formula is C54H48N2. The van der Waals surface area contributed by atoms with Crippen LogP contribution in [0.15, 0.2) is 182 Å². The lowest BCUT2D eigenvalue weighted by Crippen LogP contribution is -2.14. The molecule has 2 nitrogen and oxygen atoms in total. The lowest BCUT2D eigenvalue weighted by atomic mass is 9.98. The molecule has 0 amide bonds. The van der Waals surface area contributed by atoms with Gasteiger partial charge >= 0.3 is 0 Å². The first-order valence-corrected chi connectivity index (χ1v) is 19.5. The Morgan fingerprint density at radius 3 is 0.857 bits per heavy atom. The highest BCUT2D eigenvalue weighted by Crippen LogP contribution is 2.44. The van der Waals surface area contributed by atoms with Crippen LogP contribution in [0.2, 0.25) is 0 Å². The van der Waals surface area contributed by atoms with Gasteiger partial charge in [-0.25, -0.2) is 0 Å². The number of nitrogens with zero attached hydrogens (tertiary/aromatic N) is 2. The molecular weight excluding hydrogens is 677 g/mol. The summed E-state index contributed by atoms with van der Waals surface area (Å²) in [6.45, 7) is 13.1. The Bertz CT molecular complexity index is 2400. The molecule has 0 N–H and O–H groups in total. The number of hydrogen-bond acceptors (Lipinski definition) is 2. The van der Waals surface area contributed by atoms with Crippen LogP contribution >= 0.6 is 0 Å². The van der Waals surface area contributed by atoms with E-state index < -0.39 is 0 Å². The third-order valence-corrected chi connectivity index (χ3v) is 10.4. The Morgan fingerprint density at radius 2 is 0.500 bits per heavy atom. The standard InChI is InChI=1S/C54H48N2/c1-37-25-38(2)29-47(28-37)48-34-53(55(51-30-39(3)26-40(4)31-51)49-21-17-45(18-22-49)43-13-9-7-10-14-43)36-54(35-48)56(52-32-41(5)27-42(6)33-52)50-23-19-46(20-24-50)44-15-11-8-12-16-44/h7-36H,1-6H3. The topological polar surface area (TPSA) is 6.48 Å². The van der Waals surface area contributed by atoms with Crippen molar-refractivity contribution < 1.29 is 0 Å². The van der Waals surface area contributed by atoms with Crippen molar-refractivity contribution in [1.82, 2.24) is 0 Å². The molecule has 0 aromatic heterocycles. The molecule has 0 atom stereocenters. The molecule has 0 aliphatic rings. The van der Waals surface area contributed by atoms with Gasteiger partial charge in [0.05, 0.1) is 0 Å². The Kier molecular flexibility index (Phi) is 10.1. The van der Waals surface area contributed by atoms with Crippen molar-refractivity contribution in [3.63, 3.8) is 0 Å². The van der Waals surface area contributed by atoms with Gasteiger partial charge in [-0.1, -0.05) is 126 Å². The van der Waals surface area contributed by atoms with Gasteiger partial charge in [0.25, 0.3) is 0 Å². The van der Waals surface area contributed by atoms with Gasteiger partial charge in [-0.05, 0) is 164 Å². The van der Waals surface area contributed by atoms with Crippen molar-refractivity contribution >= 4 is 34.1 Å².